The number of carbonyl (C=O) groups excluding carboxylic acids is 2. The minimum absolute atomic E-state index is 0.0610. The van der Waals surface area contributed by atoms with Gasteiger partial charge in [0, 0.05) is 36.8 Å². The summed E-state index contributed by atoms with van der Waals surface area (Å²) in [6, 6.07) is 3.42. The first kappa shape index (κ1) is 23.6. The van der Waals surface area contributed by atoms with Crippen LogP contribution in [-0.4, -0.2) is 57.0 Å². The van der Waals surface area contributed by atoms with E-state index in [0.29, 0.717) is 5.56 Å². The van der Waals surface area contributed by atoms with Gasteiger partial charge in [-0.15, -0.1) is 0 Å². The van der Waals surface area contributed by atoms with Gasteiger partial charge in [-0.05, 0) is 38.8 Å². The van der Waals surface area contributed by atoms with E-state index in [9.17, 15) is 24.3 Å². The molecule has 10 heteroatoms. The summed E-state index contributed by atoms with van der Waals surface area (Å²) >= 11 is 0. The predicted molar refractivity (Wildman–Crippen MR) is 115 cm³/mol. The number of aliphatic carboxylic acids is 1. The largest absolute Gasteiger partial charge is 0.480 e. The zero-order chi connectivity index (χ0) is 23.3. The first-order chi connectivity index (χ1) is 14.5. The summed E-state index contributed by atoms with van der Waals surface area (Å²) in [4.78, 5) is 56.1. The number of carboxylic acids is 1. The lowest BCUT2D eigenvalue weighted by atomic mass is 10.0. The molecular weight excluding hydrogens is 402 g/mol. The third-order valence-corrected chi connectivity index (χ3v) is 4.94. The SMILES string of the molecule is Cc1cccc(C)c1C(=O)Nc1nc(=O)[nH]cc1CC(NC(=O)N(C)C(C)C)C(=O)O. The number of aromatic amines is 1. The average molecular weight is 429 g/mol. The molecule has 10 nitrogen and oxygen atoms in total. The molecule has 0 saturated carbocycles. The smallest absolute Gasteiger partial charge is 0.346 e. The first-order valence-corrected chi connectivity index (χ1v) is 9.73. The second-order valence-corrected chi connectivity index (χ2v) is 7.55. The van der Waals surface area contributed by atoms with Gasteiger partial charge in [-0.3, -0.25) is 4.79 Å². The molecule has 2 rings (SSSR count). The van der Waals surface area contributed by atoms with Gasteiger partial charge in [-0.2, -0.15) is 4.98 Å². The van der Waals surface area contributed by atoms with Gasteiger partial charge in [0.1, 0.15) is 11.9 Å². The van der Waals surface area contributed by atoms with Crippen LogP contribution in [0.5, 0.6) is 0 Å². The number of amides is 3. The highest BCUT2D eigenvalue weighted by molar-refractivity contribution is 6.06. The van der Waals surface area contributed by atoms with Gasteiger partial charge >= 0.3 is 17.7 Å². The van der Waals surface area contributed by atoms with E-state index in [4.69, 9.17) is 0 Å². The lowest BCUT2D eigenvalue weighted by molar-refractivity contribution is -0.139. The van der Waals surface area contributed by atoms with E-state index in [1.54, 1.807) is 46.9 Å². The minimum atomic E-state index is -1.29. The highest BCUT2D eigenvalue weighted by atomic mass is 16.4. The third-order valence-electron chi connectivity index (χ3n) is 4.94. The number of hydrogen-bond donors (Lipinski definition) is 4. The number of benzene rings is 1. The van der Waals surface area contributed by atoms with Crippen LogP contribution in [-0.2, 0) is 11.2 Å². The number of aromatic nitrogens is 2. The molecule has 1 heterocycles. The van der Waals surface area contributed by atoms with Gasteiger partial charge in [-0.25, -0.2) is 14.4 Å². The van der Waals surface area contributed by atoms with Crippen LogP contribution < -0.4 is 16.3 Å². The number of H-pyrrole nitrogens is 1. The van der Waals surface area contributed by atoms with Crippen molar-refractivity contribution in [1.29, 1.82) is 0 Å². The molecule has 0 saturated heterocycles. The van der Waals surface area contributed by atoms with Crippen molar-refractivity contribution in [2.24, 2.45) is 0 Å². The third kappa shape index (κ3) is 5.91. The highest BCUT2D eigenvalue weighted by Crippen LogP contribution is 2.18. The Balaban J connectivity index is 2.31. The maximum Gasteiger partial charge on any atom is 0.346 e. The van der Waals surface area contributed by atoms with Gasteiger partial charge in [0.15, 0.2) is 0 Å². The molecule has 0 fully saturated rings. The zero-order valence-corrected chi connectivity index (χ0v) is 18.1. The van der Waals surface area contributed by atoms with Crippen molar-refractivity contribution in [3.8, 4) is 0 Å². The minimum Gasteiger partial charge on any atom is -0.480 e. The normalized spacial score (nSPS) is 11.7. The summed E-state index contributed by atoms with van der Waals surface area (Å²) in [5, 5.41) is 14.6. The highest BCUT2D eigenvalue weighted by Gasteiger charge is 2.25. The summed E-state index contributed by atoms with van der Waals surface area (Å²) in [7, 11) is 1.55. The molecule has 166 valence electrons. The summed E-state index contributed by atoms with van der Waals surface area (Å²) in [6.07, 6.45) is 1.09. The number of carboxylic acid groups (broad SMARTS) is 1. The molecule has 2 aromatic rings. The molecule has 0 spiro atoms. The van der Waals surface area contributed by atoms with Crippen molar-refractivity contribution in [3.05, 3.63) is 57.1 Å². The fourth-order valence-electron chi connectivity index (χ4n) is 2.93. The summed E-state index contributed by atoms with van der Waals surface area (Å²) in [5.74, 6) is -1.79. The number of aryl methyl sites for hydroxylation is 2. The lowest BCUT2D eigenvalue weighted by Gasteiger charge is -2.24. The van der Waals surface area contributed by atoms with E-state index in [0.717, 1.165) is 11.1 Å². The standard InChI is InChI=1S/C21H27N5O5/c1-11(2)26(5)21(31)23-15(19(28)29)9-14-10-22-20(30)25-17(14)24-18(27)16-12(3)7-6-8-13(16)4/h6-8,10-11,15H,9H2,1-5H3,(H,23,31)(H,28,29)(H2,22,24,25,27,30). The van der Waals surface area contributed by atoms with Crippen LogP contribution in [0.15, 0.2) is 29.2 Å². The fourth-order valence-corrected chi connectivity index (χ4v) is 2.93. The topological polar surface area (TPSA) is 144 Å². The molecule has 3 amide bonds. The van der Waals surface area contributed by atoms with Crippen molar-refractivity contribution in [2.75, 3.05) is 12.4 Å². The lowest BCUT2D eigenvalue weighted by Crippen LogP contribution is -2.49. The van der Waals surface area contributed by atoms with Crippen LogP contribution >= 0.6 is 0 Å². The second kappa shape index (κ2) is 9.88. The molecule has 31 heavy (non-hydrogen) atoms. The van der Waals surface area contributed by atoms with E-state index in [2.05, 4.69) is 20.6 Å². The van der Waals surface area contributed by atoms with Gasteiger partial charge < -0.3 is 25.6 Å². The van der Waals surface area contributed by atoms with Crippen molar-refractivity contribution < 1.29 is 19.5 Å². The molecule has 0 radical (unpaired) electrons. The Morgan fingerprint density at radius 2 is 1.81 bits per heavy atom. The molecule has 1 unspecified atom stereocenters. The van der Waals surface area contributed by atoms with Crippen molar-refractivity contribution in [1.82, 2.24) is 20.2 Å². The summed E-state index contributed by atoms with van der Waals surface area (Å²) < 4.78 is 0. The number of hydrogen-bond acceptors (Lipinski definition) is 5. The van der Waals surface area contributed by atoms with Crippen LogP contribution in [0.1, 0.15) is 40.9 Å². The molecule has 0 aliphatic carbocycles. The maximum atomic E-state index is 12.8. The summed E-state index contributed by atoms with van der Waals surface area (Å²) in [5.41, 5.74) is 1.50. The van der Waals surface area contributed by atoms with Gasteiger partial charge in [0.05, 0.1) is 0 Å². The molecule has 1 atom stereocenters. The zero-order valence-electron chi connectivity index (χ0n) is 18.1. The Morgan fingerprint density at radius 1 is 1.19 bits per heavy atom. The van der Waals surface area contributed by atoms with Crippen LogP contribution in [0.3, 0.4) is 0 Å². The van der Waals surface area contributed by atoms with Gasteiger partial charge in [0.25, 0.3) is 5.91 Å². The number of anilines is 1. The molecule has 1 aromatic heterocycles. The van der Waals surface area contributed by atoms with Gasteiger partial charge in [-0.1, -0.05) is 18.2 Å². The van der Waals surface area contributed by atoms with Crippen molar-refractivity contribution in [2.45, 2.75) is 46.2 Å². The Labute approximate surface area is 179 Å². The van der Waals surface area contributed by atoms with Crippen LogP contribution in [0.4, 0.5) is 10.6 Å². The van der Waals surface area contributed by atoms with Crippen LogP contribution in [0.2, 0.25) is 0 Å². The molecule has 0 aliphatic heterocycles. The number of nitrogens with zero attached hydrogens (tertiary/aromatic N) is 2. The van der Waals surface area contributed by atoms with Crippen molar-refractivity contribution in [3.63, 3.8) is 0 Å². The van der Waals surface area contributed by atoms with Crippen molar-refractivity contribution >= 4 is 23.7 Å². The number of carbonyl (C=O) groups is 3. The summed E-state index contributed by atoms with van der Waals surface area (Å²) in [6.45, 7) is 7.16. The van der Waals surface area contributed by atoms with E-state index >= 15 is 0 Å². The van der Waals surface area contributed by atoms with E-state index in [1.165, 1.54) is 11.1 Å². The predicted octanol–water partition coefficient (Wildman–Crippen LogP) is 1.68. The Bertz CT molecular complexity index is 1030. The number of rotatable bonds is 7. The Kier molecular flexibility index (Phi) is 7.51. The van der Waals surface area contributed by atoms with E-state index < -0.39 is 29.6 Å². The van der Waals surface area contributed by atoms with Gasteiger partial charge in [0.2, 0.25) is 0 Å². The first-order valence-electron chi connectivity index (χ1n) is 9.73. The quantitative estimate of drug-likeness (QED) is 0.527. The maximum absolute atomic E-state index is 12.8. The molecule has 0 aliphatic rings. The monoisotopic (exact) mass is 429 g/mol. The Morgan fingerprint density at radius 3 is 2.35 bits per heavy atom. The second-order valence-electron chi connectivity index (χ2n) is 7.55. The van der Waals surface area contributed by atoms with Crippen LogP contribution in [0.25, 0.3) is 0 Å². The molecule has 1 aromatic carbocycles. The molecular formula is C21H27N5O5. The number of urea groups is 1. The average Bonchev–Trinajstić information content (AvgIpc) is 2.68. The Hall–Kier alpha value is -3.69. The van der Waals surface area contributed by atoms with E-state index in [-0.39, 0.29) is 23.8 Å². The molecule has 4 N–H and O–H groups in total. The van der Waals surface area contributed by atoms with E-state index in [1.807, 2.05) is 6.07 Å². The molecule has 0 bridgehead atoms. The van der Waals surface area contributed by atoms with Crippen LogP contribution in [0, 0.1) is 13.8 Å². The fraction of sp³-hybridized carbons (Fsp3) is 0.381. The number of nitrogens with one attached hydrogen (secondary N) is 3.